The number of hydrogen-bond acceptors (Lipinski definition) is 4. The minimum Gasteiger partial charge on any atom is -0.306 e. The van der Waals surface area contributed by atoms with Gasteiger partial charge in [0.05, 0.1) is 0 Å². The first-order valence-corrected chi connectivity index (χ1v) is 10.0. The molecule has 0 radical (unpaired) electrons. The van der Waals surface area contributed by atoms with Gasteiger partial charge >= 0.3 is 0 Å². The summed E-state index contributed by atoms with van der Waals surface area (Å²) in [5, 5.41) is 2.35. The first kappa shape index (κ1) is 20.9. The van der Waals surface area contributed by atoms with Crippen molar-refractivity contribution in [2.75, 3.05) is 59.9 Å². The predicted molar refractivity (Wildman–Crippen MR) is 102 cm³/mol. The van der Waals surface area contributed by atoms with Gasteiger partial charge in [-0.1, -0.05) is 27.7 Å². The van der Waals surface area contributed by atoms with Gasteiger partial charge in [-0.2, -0.15) is 0 Å². The Hall–Kier alpha value is -0.160. The third kappa shape index (κ3) is 6.00. The average molecular weight is 327 g/mol. The highest BCUT2D eigenvalue weighted by Gasteiger charge is 2.44. The van der Waals surface area contributed by atoms with Crippen LogP contribution in [0.15, 0.2) is 0 Å². The van der Waals surface area contributed by atoms with Crippen molar-refractivity contribution in [3.63, 3.8) is 0 Å². The molecule has 3 aliphatic rings. The first-order chi connectivity index (χ1) is 11.2. The Bertz CT molecular complexity index is 284. The Morgan fingerprint density at radius 1 is 0.913 bits per heavy atom. The van der Waals surface area contributed by atoms with Crippen LogP contribution in [0.25, 0.3) is 0 Å². The molecule has 0 bridgehead atoms. The predicted octanol–water partition coefficient (Wildman–Crippen LogP) is 2.91. The molecule has 3 aliphatic heterocycles. The molecular weight excluding hydrogens is 284 g/mol. The second kappa shape index (κ2) is 10.7. The van der Waals surface area contributed by atoms with Crippen molar-refractivity contribution in [1.82, 2.24) is 20.2 Å². The molecule has 0 aromatic heterocycles. The van der Waals surface area contributed by atoms with E-state index in [2.05, 4.69) is 27.3 Å². The van der Waals surface area contributed by atoms with E-state index in [1.54, 1.807) is 0 Å². The molecule has 0 aromatic rings. The molecule has 0 saturated carbocycles. The van der Waals surface area contributed by atoms with Crippen LogP contribution in [-0.2, 0) is 0 Å². The first-order valence-electron chi connectivity index (χ1n) is 10.0. The molecule has 4 nitrogen and oxygen atoms in total. The maximum atomic E-state index is 3.27. The molecule has 3 fully saturated rings. The lowest BCUT2D eigenvalue weighted by atomic mass is 9.71. The lowest BCUT2D eigenvalue weighted by Gasteiger charge is -2.55. The van der Waals surface area contributed by atoms with E-state index in [0.717, 1.165) is 5.92 Å². The Labute approximate surface area is 145 Å². The normalized spacial score (nSPS) is 25.8. The number of nitrogens with one attached hydrogen (secondary N) is 1. The van der Waals surface area contributed by atoms with E-state index in [-0.39, 0.29) is 0 Å². The number of piperidine rings is 2. The van der Waals surface area contributed by atoms with Gasteiger partial charge in [-0.15, -0.1) is 0 Å². The fourth-order valence-corrected chi connectivity index (χ4v) is 4.14. The van der Waals surface area contributed by atoms with E-state index in [1.165, 1.54) is 71.5 Å². The minimum atomic E-state index is 0.707. The molecule has 3 saturated heterocycles. The third-order valence-corrected chi connectivity index (χ3v) is 5.61. The molecule has 0 amide bonds. The quantitative estimate of drug-likeness (QED) is 0.861. The molecule has 3 rings (SSSR count). The zero-order chi connectivity index (χ0) is 17.3. The Balaban J connectivity index is 0.000000615. The maximum Gasteiger partial charge on any atom is 0.0134 e. The largest absolute Gasteiger partial charge is 0.306 e. The van der Waals surface area contributed by atoms with Crippen molar-refractivity contribution in [3.8, 4) is 0 Å². The number of likely N-dealkylation sites (tertiary alicyclic amines) is 2. The SMILES string of the molecule is CC.CC.CNN1CCC(CN2CC3(CCN(C)CC3)C2)CC1. The van der Waals surface area contributed by atoms with Crippen molar-refractivity contribution in [2.24, 2.45) is 11.3 Å². The molecule has 0 aliphatic carbocycles. The van der Waals surface area contributed by atoms with Crippen molar-refractivity contribution < 1.29 is 0 Å². The van der Waals surface area contributed by atoms with Gasteiger partial charge in [-0.25, -0.2) is 5.01 Å². The van der Waals surface area contributed by atoms with Crippen LogP contribution in [0.2, 0.25) is 0 Å². The molecule has 23 heavy (non-hydrogen) atoms. The van der Waals surface area contributed by atoms with Crippen LogP contribution >= 0.6 is 0 Å². The summed E-state index contributed by atoms with van der Waals surface area (Å²) in [5.41, 5.74) is 3.98. The second-order valence-electron chi connectivity index (χ2n) is 7.13. The summed E-state index contributed by atoms with van der Waals surface area (Å²) >= 11 is 0. The van der Waals surface area contributed by atoms with E-state index in [9.17, 15) is 0 Å². The van der Waals surface area contributed by atoms with Gasteiger partial charge in [0.15, 0.2) is 0 Å². The van der Waals surface area contributed by atoms with Gasteiger partial charge in [0.25, 0.3) is 0 Å². The van der Waals surface area contributed by atoms with Crippen LogP contribution in [-0.4, -0.2) is 74.7 Å². The molecule has 0 aromatic carbocycles. The van der Waals surface area contributed by atoms with Crippen molar-refractivity contribution in [1.29, 1.82) is 0 Å². The highest BCUT2D eigenvalue weighted by Crippen LogP contribution is 2.40. The Morgan fingerprint density at radius 3 is 1.91 bits per heavy atom. The van der Waals surface area contributed by atoms with Crippen LogP contribution in [0.5, 0.6) is 0 Å². The van der Waals surface area contributed by atoms with E-state index >= 15 is 0 Å². The summed E-state index contributed by atoms with van der Waals surface area (Å²) in [6.45, 7) is 17.2. The number of nitrogens with zero attached hydrogens (tertiary/aromatic N) is 3. The standard InChI is InChI=1S/C15H30N4.2C2H6/c1-16-19-7-3-14(4-8-19)11-18-12-15(13-18)5-9-17(2)10-6-15;2*1-2/h14,16H,3-13H2,1-2H3;2*1-2H3. The fourth-order valence-electron chi connectivity index (χ4n) is 4.14. The molecule has 0 unspecified atom stereocenters. The minimum absolute atomic E-state index is 0.707. The highest BCUT2D eigenvalue weighted by molar-refractivity contribution is 4.98. The summed E-state index contributed by atoms with van der Waals surface area (Å²) < 4.78 is 0. The van der Waals surface area contributed by atoms with Crippen molar-refractivity contribution in [2.45, 2.75) is 53.4 Å². The fraction of sp³-hybridized carbons (Fsp3) is 1.00. The molecule has 0 atom stereocenters. The van der Waals surface area contributed by atoms with E-state index in [4.69, 9.17) is 0 Å². The number of hydrazine groups is 1. The number of rotatable bonds is 3. The van der Waals surface area contributed by atoms with Crippen molar-refractivity contribution in [3.05, 3.63) is 0 Å². The second-order valence-corrected chi connectivity index (χ2v) is 7.13. The van der Waals surface area contributed by atoms with E-state index in [0.29, 0.717) is 5.41 Å². The molecule has 1 N–H and O–H groups in total. The summed E-state index contributed by atoms with van der Waals surface area (Å²) in [7, 11) is 4.30. The lowest BCUT2D eigenvalue weighted by Crippen LogP contribution is -2.61. The number of hydrogen-bond donors (Lipinski definition) is 1. The van der Waals surface area contributed by atoms with Gasteiger partial charge in [0.1, 0.15) is 0 Å². The van der Waals surface area contributed by atoms with E-state index < -0.39 is 0 Å². The van der Waals surface area contributed by atoms with Crippen LogP contribution in [0, 0.1) is 11.3 Å². The summed E-state index contributed by atoms with van der Waals surface area (Å²) in [6.07, 6.45) is 5.59. The van der Waals surface area contributed by atoms with Gasteiger partial charge in [0, 0.05) is 32.7 Å². The molecular formula is C19H42N4. The summed E-state index contributed by atoms with van der Waals surface area (Å²) in [6, 6.07) is 0. The van der Waals surface area contributed by atoms with Gasteiger partial charge in [-0.05, 0) is 64.2 Å². The zero-order valence-corrected chi connectivity index (χ0v) is 16.7. The summed E-state index contributed by atoms with van der Waals surface area (Å²) in [4.78, 5) is 5.21. The van der Waals surface area contributed by atoms with Crippen LogP contribution in [0.1, 0.15) is 53.4 Å². The maximum absolute atomic E-state index is 3.27. The molecule has 138 valence electrons. The lowest BCUT2D eigenvalue weighted by molar-refractivity contribution is -0.0540. The van der Waals surface area contributed by atoms with E-state index in [1.807, 2.05) is 34.7 Å². The van der Waals surface area contributed by atoms with Gasteiger partial charge in [0.2, 0.25) is 0 Å². The van der Waals surface area contributed by atoms with Crippen LogP contribution in [0.4, 0.5) is 0 Å². The molecule has 1 spiro atoms. The zero-order valence-electron chi connectivity index (χ0n) is 16.7. The van der Waals surface area contributed by atoms with Gasteiger partial charge < -0.3 is 9.80 Å². The molecule has 3 heterocycles. The van der Waals surface area contributed by atoms with Crippen molar-refractivity contribution >= 4 is 0 Å². The Kier molecular flexibility index (Phi) is 9.67. The highest BCUT2D eigenvalue weighted by atomic mass is 15.5. The molecule has 4 heteroatoms. The van der Waals surface area contributed by atoms with Gasteiger partial charge in [-0.3, -0.25) is 5.43 Å². The average Bonchev–Trinajstić information content (AvgIpc) is 2.60. The topological polar surface area (TPSA) is 21.8 Å². The Morgan fingerprint density at radius 2 is 1.43 bits per heavy atom. The van der Waals surface area contributed by atoms with Crippen LogP contribution < -0.4 is 5.43 Å². The summed E-state index contributed by atoms with van der Waals surface area (Å²) in [5.74, 6) is 0.938. The smallest absolute Gasteiger partial charge is 0.0134 e. The third-order valence-electron chi connectivity index (χ3n) is 5.61. The monoisotopic (exact) mass is 326 g/mol. The van der Waals surface area contributed by atoms with Crippen LogP contribution in [0.3, 0.4) is 0 Å².